The standard InChI is InChI=1S/C9H19BrO2Si/c1-8(12-9(2,3)10)6-5-7-13-11-4/h1,5-7,13H2,2-4H3. The Balaban J connectivity index is 3.41. The van der Waals surface area contributed by atoms with Crippen LogP contribution in [0.3, 0.4) is 0 Å². The first-order valence-corrected chi connectivity index (χ1v) is 6.87. The molecule has 0 amide bonds. The number of rotatable bonds is 7. The molecule has 0 saturated carbocycles. The molecule has 13 heavy (non-hydrogen) atoms. The van der Waals surface area contributed by atoms with Gasteiger partial charge in [-0.3, -0.25) is 0 Å². The number of halogens is 1. The van der Waals surface area contributed by atoms with Gasteiger partial charge in [0, 0.05) is 13.5 Å². The van der Waals surface area contributed by atoms with Crippen molar-refractivity contribution in [2.24, 2.45) is 0 Å². The van der Waals surface area contributed by atoms with Crippen LogP contribution in [0.4, 0.5) is 0 Å². The Kier molecular flexibility index (Phi) is 6.72. The predicted octanol–water partition coefficient (Wildman–Crippen LogP) is 2.58. The molecule has 0 rings (SSSR count). The topological polar surface area (TPSA) is 18.5 Å². The van der Waals surface area contributed by atoms with E-state index in [2.05, 4.69) is 22.5 Å². The quantitative estimate of drug-likeness (QED) is 0.305. The Morgan fingerprint density at radius 2 is 2.15 bits per heavy atom. The van der Waals surface area contributed by atoms with Crippen molar-refractivity contribution in [3.63, 3.8) is 0 Å². The third kappa shape index (κ3) is 10.1. The monoisotopic (exact) mass is 266 g/mol. The minimum Gasteiger partial charge on any atom is -0.482 e. The largest absolute Gasteiger partial charge is 0.482 e. The molecular weight excluding hydrogens is 248 g/mol. The van der Waals surface area contributed by atoms with Gasteiger partial charge in [0.25, 0.3) is 0 Å². The molecule has 0 spiro atoms. The molecule has 0 aromatic rings. The zero-order valence-electron chi connectivity index (χ0n) is 8.73. The first kappa shape index (κ1) is 13.2. The lowest BCUT2D eigenvalue weighted by Gasteiger charge is -2.20. The summed E-state index contributed by atoms with van der Waals surface area (Å²) >= 11 is 3.40. The second-order valence-corrected chi connectivity index (χ2v) is 7.06. The molecule has 0 heterocycles. The average Bonchev–Trinajstić information content (AvgIpc) is 1.94. The molecule has 0 radical (unpaired) electrons. The van der Waals surface area contributed by atoms with Crippen LogP contribution >= 0.6 is 15.9 Å². The molecule has 0 N–H and O–H groups in total. The Morgan fingerprint density at radius 1 is 1.54 bits per heavy atom. The van der Waals surface area contributed by atoms with E-state index in [1.165, 1.54) is 6.04 Å². The highest BCUT2D eigenvalue weighted by molar-refractivity contribution is 9.10. The zero-order valence-corrected chi connectivity index (χ0v) is 11.7. The summed E-state index contributed by atoms with van der Waals surface area (Å²) in [6.45, 7) is 7.78. The molecule has 0 unspecified atom stereocenters. The predicted molar refractivity (Wildman–Crippen MR) is 62.8 cm³/mol. The van der Waals surface area contributed by atoms with Crippen molar-refractivity contribution >= 4 is 25.7 Å². The lowest BCUT2D eigenvalue weighted by Crippen LogP contribution is -2.14. The van der Waals surface area contributed by atoms with Crippen molar-refractivity contribution in [2.75, 3.05) is 7.11 Å². The second kappa shape index (κ2) is 6.62. The maximum atomic E-state index is 5.51. The van der Waals surface area contributed by atoms with Crippen LogP contribution in [0.1, 0.15) is 26.7 Å². The van der Waals surface area contributed by atoms with E-state index in [9.17, 15) is 0 Å². The highest BCUT2D eigenvalue weighted by Crippen LogP contribution is 2.22. The maximum absolute atomic E-state index is 5.51. The van der Waals surface area contributed by atoms with Crippen LogP contribution in [0, 0.1) is 0 Å². The summed E-state index contributed by atoms with van der Waals surface area (Å²) in [7, 11) is 1.51. The van der Waals surface area contributed by atoms with Crippen LogP contribution in [0.15, 0.2) is 12.3 Å². The molecule has 0 fully saturated rings. The number of alkyl halides is 1. The molecule has 0 aliphatic carbocycles. The first-order chi connectivity index (χ1) is 5.95. The molecule has 78 valence electrons. The fourth-order valence-electron chi connectivity index (χ4n) is 0.963. The van der Waals surface area contributed by atoms with E-state index in [1.54, 1.807) is 7.11 Å². The van der Waals surface area contributed by atoms with Gasteiger partial charge in [-0.2, -0.15) is 0 Å². The van der Waals surface area contributed by atoms with E-state index in [1.807, 2.05) is 13.8 Å². The lowest BCUT2D eigenvalue weighted by molar-refractivity contribution is 0.117. The number of allylic oxidation sites excluding steroid dienone is 1. The summed E-state index contributed by atoms with van der Waals surface area (Å²) < 4.78 is 10.3. The van der Waals surface area contributed by atoms with E-state index in [4.69, 9.17) is 9.16 Å². The molecule has 0 atom stereocenters. The fraction of sp³-hybridized carbons (Fsp3) is 0.778. The normalized spacial score (nSPS) is 12.3. The van der Waals surface area contributed by atoms with Crippen LogP contribution < -0.4 is 0 Å². The van der Waals surface area contributed by atoms with E-state index in [0.717, 1.165) is 18.6 Å². The van der Waals surface area contributed by atoms with Gasteiger partial charge in [0.15, 0.2) is 14.3 Å². The van der Waals surface area contributed by atoms with Gasteiger partial charge >= 0.3 is 0 Å². The van der Waals surface area contributed by atoms with Crippen molar-refractivity contribution in [3.8, 4) is 0 Å². The maximum Gasteiger partial charge on any atom is 0.161 e. The minimum absolute atomic E-state index is 0.271. The number of hydrogen-bond acceptors (Lipinski definition) is 2. The van der Waals surface area contributed by atoms with Gasteiger partial charge < -0.3 is 9.16 Å². The molecule has 0 aromatic carbocycles. The second-order valence-electron chi connectivity index (χ2n) is 3.45. The summed E-state index contributed by atoms with van der Waals surface area (Å²) in [4.78, 5) is 0. The molecule has 0 aliphatic rings. The summed E-state index contributed by atoms with van der Waals surface area (Å²) in [5.41, 5.74) is 0. The molecule has 0 aromatic heterocycles. The van der Waals surface area contributed by atoms with Crippen LogP contribution in [-0.2, 0) is 9.16 Å². The van der Waals surface area contributed by atoms with Crippen molar-refractivity contribution in [1.29, 1.82) is 0 Å². The van der Waals surface area contributed by atoms with Gasteiger partial charge in [0.2, 0.25) is 0 Å². The number of hydrogen-bond donors (Lipinski definition) is 0. The van der Waals surface area contributed by atoms with Crippen molar-refractivity contribution in [2.45, 2.75) is 37.2 Å². The van der Waals surface area contributed by atoms with Crippen molar-refractivity contribution < 1.29 is 9.16 Å². The Hall–Kier alpha value is 0.197. The SMILES string of the molecule is C=C(CCC[SiH2]OC)OC(C)(C)Br. The average molecular weight is 267 g/mol. The molecule has 2 nitrogen and oxygen atoms in total. The molecule has 0 aliphatic heterocycles. The molecule has 4 heteroatoms. The summed E-state index contributed by atoms with van der Waals surface area (Å²) in [5.74, 6) is 0.854. The van der Waals surface area contributed by atoms with Gasteiger partial charge in [-0.25, -0.2) is 0 Å². The van der Waals surface area contributed by atoms with Gasteiger partial charge in [-0.15, -0.1) is 0 Å². The Labute approximate surface area is 91.8 Å². The van der Waals surface area contributed by atoms with Crippen LogP contribution in [0.5, 0.6) is 0 Å². The summed E-state index contributed by atoms with van der Waals surface area (Å²) in [5, 5.41) is 0. The van der Waals surface area contributed by atoms with E-state index < -0.39 is 0 Å². The van der Waals surface area contributed by atoms with E-state index in [0.29, 0.717) is 0 Å². The van der Waals surface area contributed by atoms with Gasteiger partial charge in [0.05, 0.1) is 5.76 Å². The Bertz CT molecular complexity index is 154. The van der Waals surface area contributed by atoms with Gasteiger partial charge in [-0.1, -0.05) is 6.58 Å². The van der Waals surface area contributed by atoms with E-state index >= 15 is 0 Å². The zero-order chi connectivity index (χ0) is 10.3. The summed E-state index contributed by atoms with van der Waals surface area (Å²) in [6, 6.07) is 1.20. The van der Waals surface area contributed by atoms with Crippen molar-refractivity contribution in [3.05, 3.63) is 12.3 Å². The lowest BCUT2D eigenvalue weighted by atomic mass is 10.3. The molecular formula is C9H19BrO2Si. The van der Waals surface area contributed by atoms with E-state index in [-0.39, 0.29) is 14.3 Å². The Morgan fingerprint density at radius 3 is 2.62 bits per heavy atom. The minimum atomic E-state index is -0.289. The van der Waals surface area contributed by atoms with Crippen molar-refractivity contribution in [1.82, 2.24) is 0 Å². The number of ether oxygens (including phenoxy) is 1. The van der Waals surface area contributed by atoms with Crippen LogP contribution in [0.25, 0.3) is 0 Å². The van der Waals surface area contributed by atoms with Gasteiger partial charge in [-0.05, 0) is 42.2 Å². The highest BCUT2D eigenvalue weighted by Gasteiger charge is 2.14. The smallest absolute Gasteiger partial charge is 0.161 e. The summed E-state index contributed by atoms with van der Waals surface area (Å²) in [6.07, 6.45) is 2.06. The highest BCUT2D eigenvalue weighted by atomic mass is 79.9. The van der Waals surface area contributed by atoms with Gasteiger partial charge in [0.1, 0.15) is 0 Å². The van der Waals surface area contributed by atoms with Crippen LogP contribution in [0.2, 0.25) is 6.04 Å². The molecule has 0 bridgehead atoms. The first-order valence-electron chi connectivity index (χ1n) is 4.50. The fourth-order valence-corrected chi connectivity index (χ4v) is 1.93. The third-order valence-electron chi connectivity index (χ3n) is 1.44. The van der Waals surface area contributed by atoms with Crippen LogP contribution in [-0.4, -0.2) is 21.4 Å². The third-order valence-corrected chi connectivity index (χ3v) is 2.80. The molecule has 0 saturated heterocycles.